The lowest BCUT2D eigenvalue weighted by Crippen LogP contribution is -2.19. The summed E-state index contributed by atoms with van der Waals surface area (Å²) >= 11 is 0. The van der Waals surface area contributed by atoms with Gasteiger partial charge in [0, 0.05) is 23.5 Å². The third kappa shape index (κ3) is 7.58. The fourth-order valence-corrected chi connectivity index (χ4v) is 5.36. The molecule has 2 N–H and O–H groups in total. The largest absolute Gasteiger partial charge is 0.382 e. The van der Waals surface area contributed by atoms with E-state index in [1.165, 1.54) is 48.5 Å². The van der Waals surface area contributed by atoms with Gasteiger partial charge in [0.15, 0.2) is 0 Å². The summed E-state index contributed by atoms with van der Waals surface area (Å²) in [5.41, 5.74) is 2.05. The van der Waals surface area contributed by atoms with Gasteiger partial charge in [0.25, 0.3) is 0 Å². The van der Waals surface area contributed by atoms with E-state index in [0.29, 0.717) is 5.56 Å². The van der Waals surface area contributed by atoms with E-state index in [4.69, 9.17) is 8.37 Å². The Morgan fingerprint density at radius 3 is 1.82 bits per heavy atom. The van der Waals surface area contributed by atoms with E-state index in [2.05, 4.69) is 10.6 Å². The van der Waals surface area contributed by atoms with Crippen LogP contribution in [0.4, 0.5) is 16.2 Å². The molecule has 0 heterocycles. The van der Waals surface area contributed by atoms with Gasteiger partial charge in [0.1, 0.15) is 22.1 Å². The van der Waals surface area contributed by atoms with Crippen molar-refractivity contribution in [3.63, 3.8) is 0 Å². The van der Waals surface area contributed by atoms with E-state index in [0.717, 1.165) is 5.56 Å². The molecule has 0 atom stereocenters. The van der Waals surface area contributed by atoms with Gasteiger partial charge in [-0.05, 0) is 48.9 Å². The third-order valence-electron chi connectivity index (χ3n) is 5.11. The molecular weight excluding hydrogens is 528 g/mol. The molecule has 196 valence electrons. The summed E-state index contributed by atoms with van der Waals surface area (Å²) in [5.74, 6) is -0.248. The van der Waals surface area contributed by atoms with E-state index < -0.39 is 26.3 Å². The molecule has 38 heavy (non-hydrogen) atoms. The Morgan fingerprint density at radius 2 is 1.24 bits per heavy atom. The molecule has 0 aliphatic heterocycles. The number of anilines is 2. The third-order valence-corrected chi connectivity index (χ3v) is 7.50. The molecule has 0 saturated carbocycles. The molecule has 4 rings (SSSR count). The van der Waals surface area contributed by atoms with Crippen molar-refractivity contribution in [2.75, 3.05) is 10.6 Å². The highest BCUT2D eigenvalue weighted by atomic mass is 32.2. The average molecular weight is 553 g/mol. The van der Waals surface area contributed by atoms with Crippen molar-refractivity contribution < 1.29 is 30.0 Å². The number of amides is 2. The number of aryl methyl sites for hydroxylation is 1. The van der Waals surface area contributed by atoms with Gasteiger partial charge in [-0.2, -0.15) is 16.8 Å². The van der Waals surface area contributed by atoms with Gasteiger partial charge < -0.3 is 19.0 Å². The maximum absolute atomic E-state index is 12.5. The Kier molecular flexibility index (Phi) is 7.99. The normalized spacial score (nSPS) is 11.4. The van der Waals surface area contributed by atoms with Gasteiger partial charge in [-0.3, -0.25) is 0 Å². The van der Waals surface area contributed by atoms with Crippen molar-refractivity contribution in [3.05, 3.63) is 114 Å². The van der Waals surface area contributed by atoms with Crippen LogP contribution in [0.25, 0.3) is 0 Å². The lowest BCUT2D eigenvalue weighted by molar-refractivity contribution is 0.262. The van der Waals surface area contributed by atoms with Gasteiger partial charge in [-0.25, -0.2) is 4.79 Å². The molecular formula is C27H24N2O7S2. The fraction of sp³-hybridized carbons (Fsp3) is 0.0741. The Morgan fingerprint density at radius 1 is 0.684 bits per heavy atom. The number of carbonyl (C=O) groups excluding carboxylic acids is 1. The lowest BCUT2D eigenvalue weighted by atomic mass is 10.2. The van der Waals surface area contributed by atoms with Crippen molar-refractivity contribution in [1.82, 2.24) is 0 Å². The first-order valence-corrected chi connectivity index (χ1v) is 14.3. The predicted octanol–water partition coefficient (Wildman–Crippen LogP) is 5.32. The van der Waals surface area contributed by atoms with Crippen LogP contribution in [-0.2, 0) is 26.0 Å². The minimum absolute atomic E-state index is 0.00656. The summed E-state index contributed by atoms with van der Waals surface area (Å²) in [6.45, 7) is 1.84. The topological polar surface area (TPSA) is 128 Å². The van der Waals surface area contributed by atoms with Gasteiger partial charge in [-0.1, -0.05) is 60.2 Å². The fourth-order valence-electron chi connectivity index (χ4n) is 3.38. The molecule has 9 nitrogen and oxygen atoms in total. The smallest absolute Gasteiger partial charge is 0.339 e. The zero-order valence-corrected chi connectivity index (χ0v) is 21.8. The highest BCUT2D eigenvalue weighted by Crippen LogP contribution is 2.24. The number of hydrogen-bond donors (Lipinski definition) is 2. The zero-order chi connectivity index (χ0) is 27.2. The number of nitrogens with one attached hydrogen (secondary N) is 2. The van der Waals surface area contributed by atoms with E-state index >= 15 is 0 Å². The number of carbonyl (C=O) groups is 1. The maximum Gasteiger partial charge on any atom is 0.339 e. The van der Waals surface area contributed by atoms with Crippen molar-refractivity contribution in [3.8, 4) is 11.5 Å². The second-order valence-corrected chi connectivity index (χ2v) is 11.4. The molecule has 2 amide bonds. The van der Waals surface area contributed by atoms with Crippen LogP contribution in [0.5, 0.6) is 11.5 Å². The lowest BCUT2D eigenvalue weighted by Gasteiger charge is -2.11. The summed E-state index contributed by atoms with van der Waals surface area (Å²) in [6, 6.07) is 26.0. The van der Waals surface area contributed by atoms with Crippen molar-refractivity contribution in [2.24, 2.45) is 0 Å². The van der Waals surface area contributed by atoms with Crippen molar-refractivity contribution in [2.45, 2.75) is 17.6 Å². The molecule has 0 fully saturated rings. The average Bonchev–Trinajstić information content (AvgIpc) is 2.84. The van der Waals surface area contributed by atoms with Crippen LogP contribution in [0.1, 0.15) is 11.1 Å². The first kappa shape index (κ1) is 26.7. The van der Waals surface area contributed by atoms with Crippen LogP contribution in [0.2, 0.25) is 0 Å². The van der Waals surface area contributed by atoms with Crippen LogP contribution in [0, 0.1) is 6.92 Å². The van der Waals surface area contributed by atoms with Crippen molar-refractivity contribution in [1.29, 1.82) is 0 Å². The van der Waals surface area contributed by atoms with E-state index in [-0.39, 0.29) is 33.5 Å². The summed E-state index contributed by atoms with van der Waals surface area (Å²) in [5, 5.41) is 5.16. The molecule has 0 unspecified atom stereocenters. The number of urea groups is 1. The Labute approximate surface area is 221 Å². The van der Waals surface area contributed by atoms with Crippen LogP contribution in [-0.4, -0.2) is 22.9 Å². The number of rotatable bonds is 9. The molecule has 0 aromatic heterocycles. The minimum Gasteiger partial charge on any atom is -0.382 e. The molecule has 4 aromatic rings. The molecule has 0 saturated heterocycles. The van der Waals surface area contributed by atoms with E-state index in [1.54, 1.807) is 54.6 Å². The van der Waals surface area contributed by atoms with Crippen LogP contribution in [0.15, 0.2) is 108 Å². The molecule has 11 heteroatoms. The minimum atomic E-state index is -4.06. The Balaban J connectivity index is 1.38. The SMILES string of the molecule is Cc1ccc(S(=O)(=O)Oc2cccc(NC(=O)Nc3cccc(OS(=O)(=O)Cc4ccccc4)c3)c2)cc1. The van der Waals surface area contributed by atoms with E-state index in [9.17, 15) is 21.6 Å². The highest BCUT2D eigenvalue weighted by molar-refractivity contribution is 7.87. The molecule has 4 aromatic carbocycles. The van der Waals surface area contributed by atoms with Crippen LogP contribution < -0.4 is 19.0 Å². The summed E-state index contributed by atoms with van der Waals surface area (Å²) in [4.78, 5) is 12.5. The van der Waals surface area contributed by atoms with Gasteiger partial charge in [-0.15, -0.1) is 0 Å². The predicted molar refractivity (Wildman–Crippen MR) is 144 cm³/mol. The first-order valence-electron chi connectivity index (χ1n) is 11.3. The summed E-state index contributed by atoms with van der Waals surface area (Å²) < 4.78 is 60.3. The van der Waals surface area contributed by atoms with Crippen molar-refractivity contribution >= 4 is 37.6 Å². The molecule has 0 bridgehead atoms. The molecule has 0 aliphatic carbocycles. The molecule has 0 aliphatic rings. The highest BCUT2D eigenvalue weighted by Gasteiger charge is 2.17. The standard InChI is InChI=1S/C27H24N2O7S2/c1-20-13-15-26(16-14-20)38(33,34)36-25-12-6-10-23(18-25)29-27(30)28-22-9-5-11-24(17-22)35-37(31,32)19-21-7-3-2-4-8-21/h2-18H,19H2,1H3,(H2,28,29,30). The monoisotopic (exact) mass is 552 g/mol. The number of benzene rings is 4. The molecule has 0 radical (unpaired) electrons. The Bertz CT molecular complexity index is 1640. The van der Waals surface area contributed by atoms with Gasteiger partial charge >= 0.3 is 26.3 Å². The first-order chi connectivity index (χ1) is 18.1. The summed E-state index contributed by atoms with van der Waals surface area (Å²) in [6.07, 6.45) is 0. The van der Waals surface area contributed by atoms with Crippen LogP contribution in [0.3, 0.4) is 0 Å². The second-order valence-electron chi connectivity index (χ2n) is 8.26. The molecule has 0 spiro atoms. The summed E-state index contributed by atoms with van der Waals surface area (Å²) in [7, 11) is -7.97. The van der Waals surface area contributed by atoms with E-state index in [1.807, 2.05) is 6.92 Å². The zero-order valence-electron chi connectivity index (χ0n) is 20.2. The maximum atomic E-state index is 12.5. The second kappa shape index (κ2) is 11.4. The van der Waals surface area contributed by atoms with Gasteiger partial charge in [0.05, 0.1) is 0 Å². The number of hydrogen-bond acceptors (Lipinski definition) is 7. The van der Waals surface area contributed by atoms with Crippen LogP contribution >= 0.6 is 0 Å². The van der Waals surface area contributed by atoms with Gasteiger partial charge in [0.2, 0.25) is 0 Å². The Hall–Kier alpha value is -4.35. The quantitative estimate of drug-likeness (QED) is 0.269.